The molecular formula is C16H21ClO2. The number of hydrogen-bond donors (Lipinski definition) is 1. The zero-order valence-electron chi connectivity index (χ0n) is 11.4. The first-order valence-electron chi connectivity index (χ1n) is 7.28. The average molecular weight is 281 g/mol. The van der Waals surface area contributed by atoms with Crippen molar-refractivity contribution in [3.8, 4) is 5.75 Å². The summed E-state index contributed by atoms with van der Waals surface area (Å²) in [5, 5.41) is 11.1. The van der Waals surface area contributed by atoms with Crippen LogP contribution in [0.15, 0.2) is 18.2 Å². The summed E-state index contributed by atoms with van der Waals surface area (Å²) in [6.45, 7) is 2.25. The summed E-state index contributed by atoms with van der Waals surface area (Å²) in [5.74, 6) is 1.55. The van der Waals surface area contributed by atoms with Crippen LogP contribution >= 0.6 is 11.6 Å². The van der Waals surface area contributed by atoms with Gasteiger partial charge in [-0.05, 0) is 43.4 Å². The van der Waals surface area contributed by atoms with E-state index in [0.717, 1.165) is 30.1 Å². The van der Waals surface area contributed by atoms with Gasteiger partial charge in [-0.15, -0.1) is 0 Å². The number of fused-ring (bicyclic) bond motifs is 1. The number of rotatable bonds is 1. The van der Waals surface area contributed by atoms with Crippen LogP contribution in [0.3, 0.4) is 0 Å². The van der Waals surface area contributed by atoms with Gasteiger partial charge in [0.1, 0.15) is 11.4 Å². The summed E-state index contributed by atoms with van der Waals surface area (Å²) in [4.78, 5) is 0. The first kappa shape index (κ1) is 13.3. The molecule has 3 unspecified atom stereocenters. The van der Waals surface area contributed by atoms with Crippen molar-refractivity contribution in [2.24, 2.45) is 5.92 Å². The third-order valence-corrected chi connectivity index (χ3v) is 4.94. The van der Waals surface area contributed by atoms with Gasteiger partial charge in [-0.3, -0.25) is 0 Å². The van der Waals surface area contributed by atoms with Crippen LogP contribution in [0, 0.1) is 5.92 Å². The summed E-state index contributed by atoms with van der Waals surface area (Å²) in [7, 11) is 0. The van der Waals surface area contributed by atoms with Crippen LogP contribution < -0.4 is 4.74 Å². The topological polar surface area (TPSA) is 29.5 Å². The lowest BCUT2D eigenvalue weighted by Gasteiger charge is -2.45. The van der Waals surface area contributed by atoms with E-state index in [9.17, 15) is 5.11 Å². The molecule has 104 valence electrons. The van der Waals surface area contributed by atoms with E-state index in [-0.39, 0.29) is 5.60 Å². The van der Waals surface area contributed by atoms with Crippen molar-refractivity contribution in [1.82, 2.24) is 0 Å². The lowest BCUT2D eigenvalue weighted by atomic mass is 9.72. The largest absolute Gasteiger partial charge is 0.487 e. The predicted octanol–water partition coefficient (Wildman–Crippen LogP) is 4.49. The minimum atomic E-state index is -0.446. The Labute approximate surface area is 119 Å². The second kappa shape index (κ2) is 4.99. The molecule has 0 aromatic heterocycles. The summed E-state index contributed by atoms with van der Waals surface area (Å²) in [6, 6.07) is 5.57. The maximum absolute atomic E-state index is 10.4. The smallest absolute Gasteiger partial charge is 0.126 e. The summed E-state index contributed by atoms with van der Waals surface area (Å²) in [6.07, 6.45) is 6.09. The van der Waals surface area contributed by atoms with Gasteiger partial charge in [0.05, 0.1) is 6.10 Å². The Morgan fingerprint density at radius 1 is 1.42 bits per heavy atom. The van der Waals surface area contributed by atoms with Gasteiger partial charge in [-0.2, -0.15) is 0 Å². The standard InChI is InChI=1S/C16H21ClO2/c1-2-11-4-3-7-16(9-11)10-14(18)13-8-12(17)5-6-15(13)19-16/h5-6,8,11,14,18H,2-4,7,9-10H2,1H3. The van der Waals surface area contributed by atoms with Gasteiger partial charge in [0.2, 0.25) is 0 Å². The number of halogens is 1. The van der Waals surface area contributed by atoms with Crippen molar-refractivity contribution < 1.29 is 9.84 Å². The third kappa shape index (κ3) is 2.48. The van der Waals surface area contributed by atoms with Crippen molar-refractivity contribution in [3.05, 3.63) is 28.8 Å². The minimum Gasteiger partial charge on any atom is -0.487 e. The second-order valence-corrected chi connectivity index (χ2v) is 6.49. The molecule has 1 aliphatic heterocycles. The third-order valence-electron chi connectivity index (χ3n) is 4.71. The van der Waals surface area contributed by atoms with Crippen LogP contribution in [0.5, 0.6) is 5.75 Å². The molecule has 19 heavy (non-hydrogen) atoms. The Balaban J connectivity index is 1.89. The van der Waals surface area contributed by atoms with Gasteiger partial charge in [0.25, 0.3) is 0 Å². The Morgan fingerprint density at radius 2 is 2.26 bits per heavy atom. The lowest BCUT2D eigenvalue weighted by molar-refractivity contribution is -0.0521. The molecule has 0 amide bonds. The van der Waals surface area contributed by atoms with E-state index in [0.29, 0.717) is 11.4 Å². The number of aliphatic hydroxyl groups excluding tert-OH is 1. The van der Waals surface area contributed by atoms with Crippen LogP contribution in [0.2, 0.25) is 5.02 Å². The fourth-order valence-corrected chi connectivity index (χ4v) is 3.86. The van der Waals surface area contributed by atoms with Crippen molar-refractivity contribution in [3.63, 3.8) is 0 Å². The molecular weight excluding hydrogens is 260 g/mol. The van der Waals surface area contributed by atoms with Crippen LogP contribution in [0.4, 0.5) is 0 Å². The maximum atomic E-state index is 10.4. The fraction of sp³-hybridized carbons (Fsp3) is 0.625. The molecule has 0 saturated heterocycles. The van der Waals surface area contributed by atoms with Gasteiger partial charge < -0.3 is 9.84 Å². The average Bonchev–Trinajstić information content (AvgIpc) is 2.40. The first-order chi connectivity index (χ1) is 9.12. The Kier molecular flexibility index (Phi) is 3.48. The number of benzene rings is 1. The zero-order valence-corrected chi connectivity index (χ0v) is 12.1. The highest BCUT2D eigenvalue weighted by Crippen LogP contribution is 2.48. The van der Waals surface area contributed by atoms with Crippen LogP contribution in [-0.4, -0.2) is 10.7 Å². The Morgan fingerprint density at radius 3 is 3.05 bits per heavy atom. The lowest BCUT2D eigenvalue weighted by Crippen LogP contribution is -2.45. The van der Waals surface area contributed by atoms with Crippen LogP contribution in [-0.2, 0) is 0 Å². The van der Waals surface area contributed by atoms with Crippen LogP contribution in [0.25, 0.3) is 0 Å². The molecule has 1 N–H and O–H groups in total. The number of hydrogen-bond acceptors (Lipinski definition) is 2. The van der Waals surface area contributed by atoms with E-state index in [2.05, 4.69) is 6.92 Å². The Hall–Kier alpha value is -0.730. The quantitative estimate of drug-likeness (QED) is 0.821. The van der Waals surface area contributed by atoms with E-state index in [4.69, 9.17) is 16.3 Å². The molecule has 1 spiro atoms. The molecule has 0 bridgehead atoms. The van der Waals surface area contributed by atoms with E-state index < -0.39 is 6.10 Å². The second-order valence-electron chi connectivity index (χ2n) is 6.06. The van der Waals surface area contributed by atoms with E-state index in [1.54, 1.807) is 0 Å². The van der Waals surface area contributed by atoms with Gasteiger partial charge in [-0.25, -0.2) is 0 Å². The highest BCUT2D eigenvalue weighted by atomic mass is 35.5. The predicted molar refractivity (Wildman–Crippen MR) is 76.6 cm³/mol. The van der Waals surface area contributed by atoms with E-state index in [1.165, 1.54) is 19.3 Å². The molecule has 0 radical (unpaired) electrons. The molecule has 2 aliphatic rings. The zero-order chi connectivity index (χ0) is 13.5. The molecule has 1 aromatic rings. The molecule has 1 aliphatic carbocycles. The normalized spacial score (nSPS) is 33.8. The van der Waals surface area contributed by atoms with Gasteiger partial charge in [0.15, 0.2) is 0 Å². The van der Waals surface area contributed by atoms with Crippen molar-refractivity contribution in [2.75, 3.05) is 0 Å². The summed E-state index contributed by atoms with van der Waals surface area (Å²) in [5.41, 5.74) is 0.691. The van der Waals surface area contributed by atoms with Crippen molar-refractivity contribution >= 4 is 11.6 Å². The van der Waals surface area contributed by atoms with Gasteiger partial charge in [-0.1, -0.05) is 31.4 Å². The number of ether oxygens (including phenoxy) is 1. The van der Waals surface area contributed by atoms with E-state index >= 15 is 0 Å². The highest BCUT2D eigenvalue weighted by molar-refractivity contribution is 6.30. The summed E-state index contributed by atoms with van der Waals surface area (Å²) >= 11 is 6.00. The molecule has 3 rings (SSSR count). The maximum Gasteiger partial charge on any atom is 0.126 e. The first-order valence-corrected chi connectivity index (χ1v) is 7.66. The molecule has 1 heterocycles. The SMILES string of the molecule is CCC1CCCC2(C1)CC(O)c1cc(Cl)ccc1O2. The molecule has 1 aromatic carbocycles. The van der Waals surface area contributed by atoms with Crippen molar-refractivity contribution in [2.45, 2.75) is 57.2 Å². The molecule has 3 atom stereocenters. The van der Waals surface area contributed by atoms with E-state index in [1.807, 2.05) is 18.2 Å². The molecule has 3 heteroatoms. The molecule has 2 nitrogen and oxygen atoms in total. The van der Waals surface area contributed by atoms with Gasteiger partial charge in [0, 0.05) is 17.0 Å². The Bertz CT molecular complexity index is 474. The number of aliphatic hydroxyl groups is 1. The van der Waals surface area contributed by atoms with Gasteiger partial charge >= 0.3 is 0 Å². The molecule has 1 saturated carbocycles. The van der Waals surface area contributed by atoms with Crippen LogP contribution in [0.1, 0.15) is 57.1 Å². The van der Waals surface area contributed by atoms with Crippen molar-refractivity contribution in [1.29, 1.82) is 0 Å². The monoisotopic (exact) mass is 280 g/mol. The fourth-order valence-electron chi connectivity index (χ4n) is 3.68. The molecule has 1 fully saturated rings. The summed E-state index contributed by atoms with van der Waals surface area (Å²) < 4.78 is 6.30. The minimum absolute atomic E-state index is 0.154. The highest BCUT2D eigenvalue weighted by Gasteiger charge is 2.43.